The number of allylic oxidation sites excluding steroid dienone is 5. The normalized spacial score (nSPS) is 10.9. The molecule has 0 heterocycles. The summed E-state index contributed by atoms with van der Waals surface area (Å²) in [6.07, 6.45) is 21.9. The third-order valence-corrected chi connectivity index (χ3v) is 4.36. The standard InChI is InChI=1S/C17H18ClNO.C9H14O.C2H2.CH3NO/c1-13(19-9-10-20)11-14-5-7-15(8-6-14)16-3-2-4-17(18)12-16;1-3-4-5-6-7-8-9-10-2;1-2;2-1-3/h2-8,10,12-13,19H,9,11H2,1H3;3-8H,9H2,1-2H3;1-2H;1H,(H2,2,3)/b;4-3-,6-5-,8-7+;;/t13-;;;/m1.../s1. The van der Waals surface area contributed by atoms with Crippen LogP contribution in [0.15, 0.2) is 85.0 Å². The van der Waals surface area contributed by atoms with E-state index in [0.717, 1.165) is 28.9 Å². The van der Waals surface area contributed by atoms with Gasteiger partial charge in [-0.1, -0.05) is 84.5 Å². The number of carbonyl (C=O) groups excluding carboxylic acids is 2. The van der Waals surface area contributed by atoms with Crippen molar-refractivity contribution in [3.63, 3.8) is 0 Å². The highest BCUT2D eigenvalue weighted by atomic mass is 35.5. The Balaban J connectivity index is 0. The molecule has 3 N–H and O–H groups in total. The average Bonchev–Trinajstić information content (AvgIpc) is 2.87. The lowest BCUT2D eigenvalue weighted by atomic mass is 10.0. The number of ether oxygens (including phenoxy) is 1. The van der Waals surface area contributed by atoms with Gasteiger partial charge in [0, 0.05) is 18.2 Å². The molecular weight excluding hydrogens is 460 g/mol. The van der Waals surface area contributed by atoms with Gasteiger partial charge in [0.15, 0.2) is 0 Å². The van der Waals surface area contributed by atoms with Crippen LogP contribution in [0.1, 0.15) is 19.4 Å². The van der Waals surface area contributed by atoms with E-state index in [1.165, 1.54) is 5.56 Å². The summed E-state index contributed by atoms with van der Waals surface area (Å²) >= 11 is 6.01. The first kappa shape index (κ1) is 33.7. The van der Waals surface area contributed by atoms with Gasteiger partial charge in [0.2, 0.25) is 6.41 Å². The van der Waals surface area contributed by atoms with Crippen molar-refractivity contribution in [1.82, 2.24) is 5.32 Å². The molecule has 0 aliphatic rings. The van der Waals surface area contributed by atoms with Crippen molar-refractivity contribution in [3.05, 3.63) is 95.6 Å². The van der Waals surface area contributed by atoms with Crippen LogP contribution in [-0.2, 0) is 20.7 Å². The van der Waals surface area contributed by atoms with Crippen LogP contribution in [0.4, 0.5) is 0 Å². The number of halogens is 1. The van der Waals surface area contributed by atoms with Gasteiger partial charge in [-0.2, -0.15) is 0 Å². The van der Waals surface area contributed by atoms with Crippen molar-refractivity contribution < 1.29 is 14.3 Å². The largest absolute Gasteiger partial charge is 0.381 e. The smallest absolute Gasteiger partial charge is 0.204 e. The Hall–Kier alpha value is -3.43. The number of hydrogen-bond donors (Lipinski definition) is 2. The lowest BCUT2D eigenvalue weighted by molar-refractivity contribution is -0.107. The fraction of sp³-hybridized carbons (Fsp3) is 0.241. The summed E-state index contributed by atoms with van der Waals surface area (Å²) in [5.74, 6) is 0. The number of primary amides is 1. The van der Waals surface area contributed by atoms with Gasteiger partial charge >= 0.3 is 0 Å². The number of amides is 1. The highest BCUT2D eigenvalue weighted by Gasteiger charge is 2.03. The summed E-state index contributed by atoms with van der Waals surface area (Å²) in [6.45, 7) is 5.15. The second kappa shape index (κ2) is 25.2. The second-order valence-corrected chi connectivity index (χ2v) is 7.25. The molecule has 188 valence electrons. The van der Waals surface area contributed by atoms with Crippen molar-refractivity contribution in [3.8, 4) is 24.0 Å². The molecule has 0 unspecified atom stereocenters. The number of nitrogens with two attached hydrogens (primary N) is 1. The van der Waals surface area contributed by atoms with E-state index in [1.807, 2.05) is 61.6 Å². The van der Waals surface area contributed by atoms with Crippen molar-refractivity contribution in [1.29, 1.82) is 0 Å². The number of carbonyl (C=O) groups is 2. The van der Waals surface area contributed by atoms with Gasteiger partial charge in [-0.05, 0) is 49.1 Å². The van der Waals surface area contributed by atoms with E-state index in [0.29, 0.717) is 13.2 Å². The maximum absolute atomic E-state index is 10.3. The molecule has 0 fully saturated rings. The average molecular weight is 497 g/mol. The molecule has 0 saturated carbocycles. The molecule has 0 aliphatic heterocycles. The zero-order valence-corrected chi connectivity index (χ0v) is 21.5. The molecule has 0 aromatic heterocycles. The molecule has 1 amide bonds. The van der Waals surface area contributed by atoms with Crippen molar-refractivity contribution in [2.24, 2.45) is 5.73 Å². The molecule has 2 aromatic rings. The fourth-order valence-corrected chi connectivity index (χ4v) is 2.84. The van der Waals surface area contributed by atoms with Crippen LogP contribution in [0.2, 0.25) is 5.02 Å². The molecule has 0 bridgehead atoms. The van der Waals surface area contributed by atoms with Crippen molar-refractivity contribution in [2.75, 3.05) is 20.3 Å². The highest BCUT2D eigenvalue weighted by molar-refractivity contribution is 6.30. The van der Waals surface area contributed by atoms with Crippen LogP contribution >= 0.6 is 11.6 Å². The van der Waals surface area contributed by atoms with Crippen LogP contribution in [0.25, 0.3) is 11.1 Å². The van der Waals surface area contributed by atoms with Crippen molar-refractivity contribution >= 4 is 24.3 Å². The van der Waals surface area contributed by atoms with E-state index < -0.39 is 0 Å². The predicted octanol–water partition coefficient (Wildman–Crippen LogP) is 5.40. The van der Waals surface area contributed by atoms with Gasteiger partial charge in [0.1, 0.15) is 6.29 Å². The molecule has 5 nitrogen and oxygen atoms in total. The topological polar surface area (TPSA) is 81.4 Å². The minimum Gasteiger partial charge on any atom is -0.381 e. The number of terminal acetylenes is 1. The lowest BCUT2D eigenvalue weighted by Crippen LogP contribution is -2.29. The third kappa shape index (κ3) is 19.7. The molecule has 0 aliphatic carbocycles. The maximum atomic E-state index is 10.3. The van der Waals surface area contributed by atoms with E-state index in [1.54, 1.807) is 7.11 Å². The number of hydrogen-bond acceptors (Lipinski definition) is 4. The summed E-state index contributed by atoms with van der Waals surface area (Å²) in [5, 5.41) is 3.90. The zero-order valence-electron chi connectivity index (χ0n) is 20.8. The molecule has 0 spiro atoms. The third-order valence-electron chi connectivity index (χ3n) is 4.13. The van der Waals surface area contributed by atoms with Gasteiger partial charge in [-0.15, -0.1) is 12.8 Å². The van der Waals surface area contributed by atoms with Crippen molar-refractivity contribution in [2.45, 2.75) is 26.3 Å². The van der Waals surface area contributed by atoms with Crippen LogP contribution in [0.5, 0.6) is 0 Å². The second-order valence-electron chi connectivity index (χ2n) is 6.82. The number of nitrogens with one attached hydrogen (secondary N) is 1. The van der Waals surface area contributed by atoms with Gasteiger partial charge in [0.25, 0.3) is 0 Å². The molecule has 1 atom stereocenters. The Bertz CT molecular complexity index is 904. The van der Waals surface area contributed by atoms with Crippen LogP contribution in [0.3, 0.4) is 0 Å². The van der Waals surface area contributed by atoms with Gasteiger partial charge in [0.05, 0.1) is 13.2 Å². The van der Waals surface area contributed by atoms with Gasteiger partial charge in [-0.3, -0.25) is 4.79 Å². The number of aldehydes is 1. The van der Waals surface area contributed by atoms with E-state index in [4.69, 9.17) is 21.1 Å². The van der Waals surface area contributed by atoms with Gasteiger partial charge < -0.3 is 20.6 Å². The Morgan fingerprint density at radius 1 is 1.03 bits per heavy atom. The Morgan fingerprint density at radius 2 is 1.66 bits per heavy atom. The van der Waals surface area contributed by atoms with E-state index >= 15 is 0 Å². The number of benzene rings is 2. The highest BCUT2D eigenvalue weighted by Crippen LogP contribution is 2.23. The molecular formula is C29H37ClN2O3. The molecule has 2 aromatic carbocycles. The molecule has 0 saturated heterocycles. The fourth-order valence-electron chi connectivity index (χ4n) is 2.65. The van der Waals surface area contributed by atoms with Crippen LogP contribution in [0, 0.1) is 12.8 Å². The first-order chi connectivity index (χ1) is 17.0. The quantitative estimate of drug-likeness (QED) is 0.262. The molecule has 0 radical (unpaired) electrons. The number of methoxy groups -OCH3 is 1. The minimum absolute atomic E-state index is 0.250. The summed E-state index contributed by atoms with van der Waals surface area (Å²) in [5.41, 5.74) is 7.70. The van der Waals surface area contributed by atoms with E-state index in [-0.39, 0.29) is 12.5 Å². The minimum atomic E-state index is 0.250. The summed E-state index contributed by atoms with van der Waals surface area (Å²) in [4.78, 5) is 18.9. The van der Waals surface area contributed by atoms with Crippen LogP contribution < -0.4 is 11.1 Å². The summed E-state index contributed by atoms with van der Waals surface area (Å²) in [7, 11) is 1.68. The first-order valence-electron chi connectivity index (χ1n) is 11.0. The van der Waals surface area contributed by atoms with Crippen LogP contribution in [-0.4, -0.2) is 39.0 Å². The lowest BCUT2D eigenvalue weighted by Gasteiger charge is -2.12. The Morgan fingerprint density at radius 3 is 2.20 bits per heavy atom. The van der Waals surface area contributed by atoms with E-state index in [2.05, 4.69) is 61.2 Å². The SMILES string of the molecule is C#C.C[C@H](Cc1ccc(-c2cccc(Cl)c2)cc1)NCC=O.C\C=C/C=C\C=C\COC.NC=O. The molecule has 35 heavy (non-hydrogen) atoms. The maximum Gasteiger partial charge on any atom is 0.204 e. The zero-order chi connectivity index (χ0) is 26.7. The number of rotatable bonds is 10. The molecule has 6 heteroatoms. The Labute approximate surface area is 215 Å². The monoisotopic (exact) mass is 496 g/mol. The van der Waals surface area contributed by atoms with E-state index in [9.17, 15) is 4.79 Å². The summed E-state index contributed by atoms with van der Waals surface area (Å²) in [6, 6.07) is 16.6. The Kier molecular flexibility index (Phi) is 24.3. The summed E-state index contributed by atoms with van der Waals surface area (Å²) < 4.78 is 4.81. The van der Waals surface area contributed by atoms with Gasteiger partial charge in [-0.25, -0.2) is 0 Å². The predicted molar refractivity (Wildman–Crippen MR) is 149 cm³/mol. The molecule has 2 rings (SSSR count). The first-order valence-corrected chi connectivity index (χ1v) is 11.3.